The highest BCUT2D eigenvalue weighted by Gasteiger charge is 2.32. The van der Waals surface area contributed by atoms with Crippen LogP contribution in [0.4, 0.5) is 0 Å². The van der Waals surface area contributed by atoms with Crippen LogP contribution in [0.2, 0.25) is 0 Å². The number of piperidine rings is 1. The Bertz CT molecular complexity index is 205. The van der Waals surface area contributed by atoms with E-state index in [2.05, 4.69) is 5.32 Å². The number of fused-ring (bicyclic) bond motifs is 1. The van der Waals surface area contributed by atoms with E-state index < -0.39 is 0 Å². The van der Waals surface area contributed by atoms with E-state index in [0.29, 0.717) is 11.9 Å². The van der Waals surface area contributed by atoms with Gasteiger partial charge in [0.05, 0.1) is 0 Å². The Morgan fingerprint density at radius 1 is 1.46 bits per heavy atom. The lowest BCUT2D eigenvalue weighted by Gasteiger charge is -2.36. The summed E-state index contributed by atoms with van der Waals surface area (Å²) in [7, 11) is 1.96. The van der Waals surface area contributed by atoms with Crippen molar-refractivity contribution >= 4 is 5.91 Å². The molecule has 1 N–H and O–H groups in total. The number of carbonyl (C=O) groups excluding carboxylic acids is 1. The van der Waals surface area contributed by atoms with E-state index in [1.165, 1.54) is 12.8 Å². The lowest BCUT2D eigenvalue weighted by atomic mass is 9.89. The smallest absolute Gasteiger partial charge is 0.222 e. The summed E-state index contributed by atoms with van der Waals surface area (Å²) in [6.45, 7) is 2.12. The summed E-state index contributed by atoms with van der Waals surface area (Å²) >= 11 is 0. The van der Waals surface area contributed by atoms with Gasteiger partial charge in [-0.15, -0.1) is 0 Å². The average Bonchev–Trinajstić information content (AvgIpc) is 2.29. The standard InChI is InChI=1S/C10H18N2O/c1-12-9-7-11-6-5-8(9)3-2-4-10(12)13/h8-9,11H,2-7H2,1H3/t8-,9-/m1/s1. The Labute approximate surface area is 79.5 Å². The van der Waals surface area contributed by atoms with Gasteiger partial charge in [-0.25, -0.2) is 0 Å². The molecule has 2 rings (SSSR count). The summed E-state index contributed by atoms with van der Waals surface area (Å²) in [6, 6.07) is 0.462. The van der Waals surface area contributed by atoms with Crippen LogP contribution in [0.5, 0.6) is 0 Å². The van der Waals surface area contributed by atoms with Crippen LogP contribution in [0.3, 0.4) is 0 Å². The summed E-state index contributed by atoms with van der Waals surface area (Å²) in [5.74, 6) is 1.08. The predicted octanol–water partition coefficient (Wildman–Crippen LogP) is 0.607. The van der Waals surface area contributed by atoms with Gasteiger partial charge in [0.15, 0.2) is 0 Å². The molecule has 3 nitrogen and oxygen atoms in total. The summed E-state index contributed by atoms with van der Waals surface area (Å²) in [5, 5.41) is 3.37. The van der Waals surface area contributed by atoms with Crippen molar-refractivity contribution in [3.8, 4) is 0 Å². The van der Waals surface area contributed by atoms with Crippen LogP contribution in [-0.4, -0.2) is 37.0 Å². The van der Waals surface area contributed by atoms with Crippen LogP contribution in [-0.2, 0) is 4.79 Å². The fourth-order valence-electron chi connectivity index (χ4n) is 2.56. The van der Waals surface area contributed by atoms with E-state index in [1.54, 1.807) is 0 Å². The zero-order valence-corrected chi connectivity index (χ0v) is 8.25. The largest absolute Gasteiger partial charge is 0.341 e. The maximum atomic E-state index is 11.6. The van der Waals surface area contributed by atoms with Crippen LogP contribution < -0.4 is 5.32 Å². The molecule has 2 aliphatic rings. The molecule has 2 fully saturated rings. The number of nitrogens with zero attached hydrogens (tertiary/aromatic N) is 1. The number of nitrogens with one attached hydrogen (secondary N) is 1. The van der Waals surface area contributed by atoms with Crippen LogP contribution >= 0.6 is 0 Å². The third-order valence-electron chi connectivity index (χ3n) is 3.45. The molecule has 74 valence electrons. The summed E-state index contributed by atoms with van der Waals surface area (Å²) in [5.41, 5.74) is 0. The van der Waals surface area contributed by atoms with Crippen molar-refractivity contribution in [2.75, 3.05) is 20.1 Å². The van der Waals surface area contributed by atoms with Gasteiger partial charge < -0.3 is 10.2 Å². The lowest BCUT2D eigenvalue weighted by Crippen LogP contribution is -2.50. The van der Waals surface area contributed by atoms with Crippen molar-refractivity contribution < 1.29 is 4.79 Å². The Hall–Kier alpha value is -0.570. The van der Waals surface area contributed by atoms with Gasteiger partial charge in [0.25, 0.3) is 0 Å². The van der Waals surface area contributed by atoms with Crippen molar-refractivity contribution in [2.24, 2.45) is 5.92 Å². The number of likely N-dealkylation sites (N-methyl/N-ethyl adjacent to an activating group) is 1. The zero-order chi connectivity index (χ0) is 9.26. The third-order valence-corrected chi connectivity index (χ3v) is 3.45. The first-order valence-electron chi connectivity index (χ1n) is 5.25. The Balaban J connectivity index is 2.11. The summed E-state index contributed by atoms with van der Waals surface area (Å²) in [6.07, 6.45) is 4.32. The molecule has 2 aliphatic heterocycles. The molecule has 0 aliphatic carbocycles. The number of likely N-dealkylation sites (tertiary alicyclic amines) is 1. The first kappa shape index (κ1) is 9.00. The second-order valence-electron chi connectivity index (χ2n) is 4.22. The van der Waals surface area contributed by atoms with E-state index in [0.717, 1.165) is 31.8 Å². The van der Waals surface area contributed by atoms with Gasteiger partial charge in [-0.1, -0.05) is 0 Å². The van der Waals surface area contributed by atoms with E-state index in [4.69, 9.17) is 0 Å². The molecular weight excluding hydrogens is 164 g/mol. The molecule has 3 heteroatoms. The van der Waals surface area contributed by atoms with Crippen LogP contribution in [0.15, 0.2) is 0 Å². The molecule has 0 unspecified atom stereocenters. The van der Waals surface area contributed by atoms with Crippen molar-refractivity contribution in [2.45, 2.75) is 31.7 Å². The highest BCUT2D eigenvalue weighted by Crippen LogP contribution is 2.26. The fraction of sp³-hybridized carbons (Fsp3) is 0.900. The van der Waals surface area contributed by atoms with Crippen LogP contribution in [0, 0.1) is 5.92 Å². The molecule has 0 radical (unpaired) electrons. The van der Waals surface area contributed by atoms with E-state index in [-0.39, 0.29) is 0 Å². The molecule has 0 saturated carbocycles. The van der Waals surface area contributed by atoms with Gasteiger partial charge in [-0.3, -0.25) is 4.79 Å². The Morgan fingerprint density at radius 3 is 3.15 bits per heavy atom. The number of hydrogen-bond donors (Lipinski definition) is 1. The minimum atomic E-state index is 0.330. The van der Waals surface area contributed by atoms with Crippen molar-refractivity contribution in [3.05, 3.63) is 0 Å². The molecule has 0 aromatic heterocycles. The minimum Gasteiger partial charge on any atom is -0.341 e. The van der Waals surface area contributed by atoms with E-state index >= 15 is 0 Å². The molecule has 0 spiro atoms. The highest BCUT2D eigenvalue weighted by atomic mass is 16.2. The maximum Gasteiger partial charge on any atom is 0.222 e. The first-order valence-corrected chi connectivity index (χ1v) is 5.25. The molecule has 2 heterocycles. The average molecular weight is 182 g/mol. The van der Waals surface area contributed by atoms with E-state index in [1.807, 2.05) is 11.9 Å². The van der Waals surface area contributed by atoms with Gasteiger partial charge >= 0.3 is 0 Å². The molecule has 13 heavy (non-hydrogen) atoms. The van der Waals surface area contributed by atoms with Gasteiger partial charge in [0, 0.05) is 26.1 Å². The van der Waals surface area contributed by atoms with Gasteiger partial charge in [0.1, 0.15) is 0 Å². The van der Waals surface area contributed by atoms with Crippen LogP contribution in [0.1, 0.15) is 25.7 Å². The third kappa shape index (κ3) is 1.70. The summed E-state index contributed by atoms with van der Waals surface area (Å²) < 4.78 is 0. The quantitative estimate of drug-likeness (QED) is 0.595. The molecule has 1 amide bonds. The fourth-order valence-corrected chi connectivity index (χ4v) is 2.56. The van der Waals surface area contributed by atoms with Crippen molar-refractivity contribution in [1.82, 2.24) is 10.2 Å². The summed E-state index contributed by atoms with van der Waals surface area (Å²) in [4.78, 5) is 13.5. The van der Waals surface area contributed by atoms with Crippen molar-refractivity contribution in [1.29, 1.82) is 0 Å². The highest BCUT2D eigenvalue weighted by molar-refractivity contribution is 5.76. The molecule has 0 aromatic rings. The lowest BCUT2D eigenvalue weighted by molar-refractivity contribution is -0.132. The molecule has 2 atom stereocenters. The normalized spacial score (nSPS) is 35.5. The predicted molar refractivity (Wildman–Crippen MR) is 51.4 cm³/mol. The number of carbonyl (C=O) groups is 1. The van der Waals surface area contributed by atoms with Gasteiger partial charge in [0.2, 0.25) is 5.91 Å². The number of rotatable bonds is 0. The molecule has 0 bridgehead atoms. The Morgan fingerprint density at radius 2 is 2.31 bits per heavy atom. The van der Waals surface area contributed by atoms with Gasteiger partial charge in [-0.2, -0.15) is 0 Å². The van der Waals surface area contributed by atoms with Gasteiger partial charge in [-0.05, 0) is 31.7 Å². The monoisotopic (exact) mass is 182 g/mol. The zero-order valence-electron chi connectivity index (χ0n) is 8.25. The topological polar surface area (TPSA) is 32.3 Å². The molecular formula is C10H18N2O. The van der Waals surface area contributed by atoms with Crippen LogP contribution in [0.25, 0.3) is 0 Å². The minimum absolute atomic E-state index is 0.330. The van der Waals surface area contributed by atoms with Crippen molar-refractivity contribution in [3.63, 3.8) is 0 Å². The van der Waals surface area contributed by atoms with E-state index in [9.17, 15) is 4.79 Å². The molecule has 2 saturated heterocycles. The maximum absolute atomic E-state index is 11.6. The second kappa shape index (κ2) is 3.66. The Kier molecular flexibility index (Phi) is 2.54. The number of hydrogen-bond acceptors (Lipinski definition) is 2. The SMILES string of the molecule is CN1C(=O)CCC[C@@H]2CCNC[C@H]21. The molecule has 0 aromatic carbocycles. The second-order valence-corrected chi connectivity index (χ2v) is 4.22. The first-order chi connectivity index (χ1) is 6.29. The number of amides is 1.